The van der Waals surface area contributed by atoms with E-state index in [1.54, 1.807) is 0 Å². The molecule has 100 valence electrons. The molecule has 2 unspecified atom stereocenters. The molecular formula is C11H18N4O2S. The summed E-state index contributed by atoms with van der Waals surface area (Å²) in [6, 6.07) is 0. The molecule has 1 saturated heterocycles. The van der Waals surface area contributed by atoms with Crippen LogP contribution in [0.25, 0.3) is 0 Å². The van der Waals surface area contributed by atoms with Gasteiger partial charge in [-0.1, -0.05) is 0 Å². The predicted octanol–water partition coefficient (Wildman–Crippen LogP) is 0.364. The van der Waals surface area contributed by atoms with Gasteiger partial charge < -0.3 is 5.73 Å². The first-order chi connectivity index (χ1) is 8.57. The van der Waals surface area contributed by atoms with E-state index in [-0.39, 0.29) is 17.8 Å². The van der Waals surface area contributed by atoms with E-state index in [0.717, 1.165) is 37.3 Å². The number of hydrogen-bond donors (Lipinski definition) is 1. The quantitative estimate of drug-likeness (QED) is 0.796. The van der Waals surface area contributed by atoms with Gasteiger partial charge in [-0.15, -0.1) is 10.2 Å². The summed E-state index contributed by atoms with van der Waals surface area (Å²) in [5.41, 5.74) is 6.10. The average molecular weight is 270 g/mol. The summed E-state index contributed by atoms with van der Waals surface area (Å²) in [7, 11) is -2.92. The zero-order valence-corrected chi connectivity index (χ0v) is 11.1. The molecular weight excluding hydrogens is 252 g/mol. The third-order valence-corrected chi connectivity index (χ3v) is 5.67. The number of aromatic nitrogens is 3. The van der Waals surface area contributed by atoms with Crippen molar-refractivity contribution in [2.24, 2.45) is 5.73 Å². The number of sulfone groups is 1. The molecule has 2 aliphatic heterocycles. The maximum absolute atomic E-state index is 11.7. The van der Waals surface area contributed by atoms with E-state index >= 15 is 0 Å². The molecule has 1 fully saturated rings. The molecule has 0 amide bonds. The molecule has 0 radical (unpaired) electrons. The maximum Gasteiger partial charge on any atom is 0.151 e. The van der Waals surface area contributed by atoms with Crippen LogP contribution in [-0.4, -0.2) is 34.7 Å². The van der Waals surface area contributed by atoms with Crippen molar-refractivity contribution in [2.75, 3.05) is 11.5 Å². The van der Waals surface area contributed by atoms with Crippen molar-refractivity contribution in [3.8, 4) is 0 Å². The molecule has 1 aromatic rings. The number of aryl methyl sites for hydroxylation is 1. The van der Waals surface area contributed by atoms with E-state index in [1.807, 2.05) is 4.57 Å². The van der Waals surface area contributed by atoms with Crippen molar-refractivity contribution in [1.82, 2.24) is 14.8 Å². The Hall–Kier alpha value is -0.950. The smallest absolute Gasteiger partial charge is 0.151 e. The topological polar surface area (TPSA) is 90.9 Å². The first-order valence-electron chi connectivity index (χ1n) is 6.46. The molecule has 2 atom stereocenters. The summed E-state index contributed by atoms with van der Waals surface area (Å²) >= 11 is 0. The molecule has 0 bridgehead atoms. The van der Waals surface area contributed by atoms with E-state index in [9.17, 15) is 8.42 Å². The highest BCUT2D eigenvalue weighted by Gasteiger charge is 2.32. The van der Waals surface area contributed by atoms with Gasteiger partial charge in [-0.2, -0.15) is 0 Å². The molecule has 3 rings (SSSR count). The lowest BCUT2D eigenvalue weighted by molar-refractivity contribution is 0.386. The summed E-state index contributed by atoms with van der Waals surface area (Å²) in [6.07, 6.45) is 4.32. The molecule has 0 spiro atoms. The van der Waals surface area contributed by atoms with Gasteiger partial charge in [0.15, 0.2) is 9.84 Å². The number of hydrogen-bond acceptors (Lipinski definition) is 5. The van der Waals surface area contributed by atoms with Gasteiger partial charge in [0, 0.05) is 12.3 Å². The number of nitrogens with zero attached hydrogens (tertiary/aromatic N) is 3. The zero-order chi connectivity index (χ0) is 12.8. The molecule has 0 saturated carbocycles. The van der Waals surface area contributed by atoms with Crippen LogP contribution in [0.5, 0.6) is 0 Å². The standard InChI is InChI=1S/C11H18N4O2S/c12-9-4-1-5-10-13-14-11(15(9)10)8-3-2-6-18(16,17)7-8/h8-9H,1-7,12H2. The van der Waals surface area contributed by atoms with Gasteiger partial charge >= 0.3 is 0 Å². The number of fused-ring (bicyclic) bond motifs is 1. The van der Waals surface area contributed by atoms with Gasteiger partial charge in [0.25, 0.3) is 0 Å². The molecule has 0 aliphatic carbocycles. The van der Waals surface area contributed by atoms with Crippen LogP contribution in [-0.2, 0) is 16.3 Å². The minimum absolute atomic E-state index is 0.0332. The lowest BCUT2D eigenvalue weighted by Gasteiger charge is -2.27. The van der Waals surface area contributed by atoms with Crippen molar-refractivity contribution in [1.29, 1.82) is 0 Å². The summed E-state index contributed by atoms with van der Waals surface area (Å²) in [6.45, 7) is 0. The van der Waals surface area contributed by atoms with Gasteiger partial charge in [0.1, 0.15) is 11.6 Å². The second kappa shape index (κ2) is 4.31. The third-order valence-electron chi connectivity index (χ3n) is 3.85. The third kappa shape index (κ3) is 2.05. The molecule has 3 heterocycles. The summed E-state index contributed by atoms with van der Waals surface area (Å²) < 4.78 is 25.4. The second-order valence-electron chi connectivity index (χ2n) is 5.26. The number of nitrogens with two attached hydrogens (primary N) is 1. The van der Waals surface area contributed by atoms with Gasteiger partial charge in [-0.3, -0.25) is 4.57 Å². The van der Waals surface area contributed by atoms with Crippen LogP contribution in [0, 0.1) is 0 Å². The fraction of sp³-hybridized carbons (Fsp3) is 0.818. The van der Waals surface area contributed by atoms with Crippen LogP contribution in [0.4, 0.5) is 0 Å². The average Bonchev–Trinajstić information content (AvgIpc) is 2.73. The Morgan fingerprint density at radius 2 is 2.06 bits per heavy atom. The largest absolute Gasteiger partial charge is 0.311 e. The van der Waals surface area contributed by atoms with E-state index in [1.165, 1.54) is 0 Å². The molecule has 0 aromatic carbocycles. The molecule has 2 aliphatic rings. The Morgan fingerprint density at radius 1 is 1.22 bits per heavy atom. The van der Waals surface area contributed by atoms with Crippen LogP contribution in [0.3, 0.4) is 0 Å². The second-order valence-corrected chi connectivity index (χ2v) is 7.49. The van der Waals surface area contributed by atoms with Crippen molar-refractivity contribution < 1.29 is 8.42 Å². The van der Waals surface area contributed by atoms with Gasteiger partial charge in [-0.05, 0) is 25.7 Å². The van der Waals surface area contributed by atoms with E-state index < -0.39 is 9.84 Å². The predicted molar refractivity (Wildman–Crippen MR) is 66.8 cm³/mol. The Kier molecular flexibility index (Phi) is 2.90. The van der Waals surface area contributed by atoms with Gasteiger partial charge in [0.05, 0.1) is 17.7 Å². The summed E-state index contributed by atoms with van der Waals surface area (Å²) in [5, 5.41) is 8.37. The Balaban J connectivity index is 1.95. The van der Waals surface area contributed by atoms with Gasteiger partial charge in [-0.25, -0.2) is 8.42 Å². The summed E-state index contributed by atoms with van der Waals surface area (Å²) in [5.74, 6) is 2.15. The van der Waals surface area contributed by atoms with E-state index in [4.69, 9.17) is 5.73 Å². The Bertz CT molecular complexity index is 551. The molecule has 7 heteroatoms. The van der Waals surface area contributed by atoms with Crippen LogP contribution >= 0.6 is 0 Å². The molecule has 1 aromatic heterocycles. The Morgan fingerprint density at radius 3 is 2.83 bits per heavy atom. The van der Waals surface area contributed by atoms with E-state index in [2.05, 4.69) is 10.2 Å². The van der Waals surface area contributed by atoms with Crippen molar-refractivity contribution in [2.45, 2.75) is 44.2 Å². The van der Waals surface area contributed by atoms with Crippen molar-refractivity contribution in [3.63, 3.8) is 0 Å². The van der Waals surface area contributed by atoms with Crippen LogP contribution < -0.4 is 5.73 Å². The molecule has 18 heavy (non-hydrogen) atoms. The highest BCUT2D eigenvalue weighted by molar-refractivity contribution is 7.91. The van der Waals surface area contributed by atoms with Gasteiger partial charge in [0.2, 0.25) is 0 Å². The molecule has 2 N–H and O–H groups in total. The highest BCUT2D eigenvalue weighted by Crippen LogP contribution is 2.31. The van der Waals surface area contributed by atoms with Crippen LogP contribution in [0.1, 0.15) is 49.4 Å². The minimum Gasteiger partial charge on any atom is -0.311 e. The fourth-order valence-corrected chi connectivity index (χ4v) is 4.67. The monoisotopic (exact) mass is 270 g/mol. The first kappa shape index (κ1) is 12.1. The van der Waals surface area contributed by atoms with Crippen LogP contribution in [0.2, 0.25) is 0 Å². The number of rotatable bonds is 1. The van der Waals surface area contributed by atoms with Crippen LogP contribution in [0.15, 0.2) is 0 Å². The van der Waals surface area contributed by atoms with Crippen molar-refractivity contribution in [3.05, 3.63) is 11.6 Å². The summed E-state index contributed by atoms with van der Waals surface area (Å²) in [4.78, 5) is 0. The Labute approximate surface area is 106 Å². The normalized spacial score (nSPS) is 30.9. The zero-order valence-electron chi connectivity index (χ0n) is 10.2. The maximum atomic E-state index is 11.7. The SMILES string of the molecule is NC1CCCc2nnc(C3CCCS(=O)(=O)C3)n21. The van der Waals surface area contributed by atoms with Crippen molar-refractivity contribution >= 4 is 9.84 Å². The lowest BCUT2D eigenvalue weighted by Crippen LogP contribution is -2.31. The first-order valence-corrected chi connectivity index (χ1v) is 8.28. The fourth-order valence-electron chi connectivity index (χ4n) is 2.97. The lowest BCUT2D eigenvalue weighted by atomic mass is 10.0. The molecule has 6 nitrogen and oxygen atoms in total. The minimum atomic E-state index is -2.92. The van der Waals surface area contributed by atoms with E-state index in [0.29, 0.717) is 12.2 Å². The highest BCUT2D eigenvalue weighted by atomic mass is 32.2.